The van der Waals surface area contributed by atoms with Crippen molar-refractivity contribution >= 4 is 5.91 Å². The second-order valence-electron chi connectivity index (χ2n) is 7.00. The van der Waals surface area contributed by atoms with E-state index < -0.39 is 0 Å². The van der Waals surface area contributed by atoms with Crippen LogP contribution < -0.4 is 0 Å². The van der Waals surface area contributed by atoms with Crippen LogP contribution in [-0.2, 0) is 4.79 Å². The Labute approximate surface area is 179 Å². The standard InChI is InChI=1S/C6H11NO.2C6H13N.3C2H6/c1-7-5-3-2-4-6(7)8;2*1-7-5-3-2-4-6-7;3*1-2/h2-5H2,1H3;2*2-6H2,1H3;3*1-2H3. The second kappa shape index (κ2) is 26.4. The summed E-state index contributed by atoms with van der Waals surface area (Å²) in [6.07, 6.45) is 11.6. The summed E-state index contributed by atoms with van der Waals surface area (Å²) in [7, 11) is 6.25. The maximum atomic E-state index is 10.7. The molecule has 4 heteroatoms. The Balaban J connectivity index is -0.000000296. The summed E-state index contributed by atoms with van der Waals surface area (Å²) in [5.41, 5.74) is 0. The number of nitrogens with zero attached hydrogens (tertiary/aromatic N) is 3. The second-order valence-corrected chi connectivity index (χ2v) is 7.00. The Hall–Kier alpha value is -0.610. The van der Waals surface area contributed by atoms with E-state index in [0.717, 1.165) is 19.4 Å². The summed E-state index contributed by atoms with van der Waals surface area (Å²) in [5.74, 6) is 0.302. The summed E-state index contributed by atoms with van der Waals surface area (Å²) in [6.45, 7) is 18.2. The number of amides is 1. The molecule has 0 aromatic heterocycles. The predicted molar refractivity (Wildman–Crippen MR) is 128 cm³/mol. The van der Waals surface area contributed by atoms with E-state index in [2.05, 4.69) is 23.9 Å². The number of piperidine rings is 3. The molecule has 3 aliphatic rings. The van der Waals surface area contributed by atoms with Crippen LogP contribution in [0.3, 0.4) is 0 Å². The average molecular weight is 402 g/mol. The van der Waals surface area contributed by atoms with Crippen molar-refractivity contribution in [3.8, 4) is 0 Å². The van der Waals surface area contributed by atoms with E-state index in [-0.39, 0.29) is 0 Å². The van der Waals surface area contributed by atoms with E-state index in [1.54, 1.807) is 4.90 Å². The number of likely N-dealkylation sites (tertiary alicyclic amines) is 3. The monoisotopic (exact) mass is 401 g/mol. The van der Waals surface area contributed by atoms with Crippen LogP contribution in [0.15, 0.2) is 0 Å². The molecule has 0 bridgehead atoms. The van der Waals surface area contributed by atoms with E-state index in [1.165, 1.54) is 71.1 Å². The first-order chi connectivity index (χ1) is 13.6. The van der Waals surface area contributed by atoms with Gasteiger partial charge in [0.2, 0.25) is 5.91 Å². The molecule has 0 unspecified atom stereocenters. The molecule has 3 saturated heterocycles. The van der Waals surface area contributed by atoms with Crippen LogP contribution >= 0.6 is 0 Å². The van der Waals surface area contributed by atoms with Crippen LogP contribution in [0.25, 0.3) is 0 Å². The highest BCUT2D eigenvalue weighted by Crippen LogP contribution is 2.07. The van der Waals surface area contributed by atoms with Crippen LogP contribution in [0.5, 0.6) is 0 Å². The minimum absolute atomic E-state index is 0.302. The number of hydrogen-bond donors (Lipinski definition) is 0. The Morgan fingerprint density at radius 1 is 0.500 bits per heavy atom. The zero-order valence-electron chi connectivity index (χ0n) is 21.1. The van der Waals surface area contributed by atoms with Gasteiger partial charge in [0.15, 0.2) is 0 Å². The highest BCUT2D eigenvalue weighted by atomic mass is 16.2. The molecule has 0 aromatic rings. The summed E-state index contributed by atoms with van der Waals surface area (Å²) in [4.78, 5) is 17.3. The molecule has 0 aromatic carbocycles. The van der Waals surface area contributed by atoms with E-state index in [4.69, 9.17) is 0 Å². The van der Waals surface area contributed by atoms with Crippen molar-refractivity contribution in [3.05, 3.63) is 0 Å². The van der Waals surface area contributed by atoms with Gasteiger partial charge in [-0.25, -0.2) is 0 Å². The first kappa shape index (κ1) is 32.1. The smallest absolute Gasteiger partial charge is 0.222 e. The van der Waals surface area contributed by atoms with Crippen LogP contribution in [-0.4, -0.2) is 74.5 Å². The Morgan fingerprint density at radius 2 is 0.821 bits per heavy atom. The molecule has 0 spiro atoms. The third-order valence-corrected chi connectivity index (χ3v) is 4.72. The van der Waals surface area contributed by atoms with E-state index in [1.807, 2.05) is 48.6 Å². The molecule has 3 fully saturated rings. The number of carbonyl (C=O) groups is 1. The first-order valence-electron chi connectivity index (χ1n) is 12.2. The van der Waals surface area contributed by atoms with Gasteiger partial charge in [0.1, 0.15) is 0 Å². The lowest BCUT2D eigenvalue weighted by Gasteiger charge is -2.21. The minimum Gasteiger partial charge on any atom is -0.346 e. The van der Waals surface area contributed by atoms with Crippen LogP contribution in [0.2, 0.25) is 0 Å². The molecule has 3 heterocycles. The lowest BCUT2D eigenvalue weighted by molar-refractivity contribution is -0.131. The average Bonchev–Trinajstić information content (AvgIpc) is 2.77. The molecule has 1 amide bonds. The zero-order valence-corrected chi connectivity index (χ0v) is 21.1. The van der Waals surface area contributed by atoms with Crippen molar-refractivity contribution in [2.45, 2.75) is 99.3 Å². The van der Waals surface area contributed by atoms with Crippen molar-refractivity contribution in [2.24, 2.45) is 0 Å². The first-order valence-corrected chi connectivity index (χ1v) is 12.2. The molecule has 0 saturated carbocycles. The largest absolute Gasteiger partial charge is 0.346 e. The molecule has 0 atom stereocenters. The summed E-state index contributed by atoms with van der Waals surface area (Å²) in [5, 5.41) is 0. The van der Waals surface area contributed by atoms with Gasteiger partial charge < -0.3 is 14.7 Å². The minimum atomic E-state index is 0.302. The highest BCUT2D eigenvalue weighted by Gasteiger charge is 2.12. The fourth-order valence-electron chi connectivity index (χ4n) is 3.04. The molecule has 0 radical (unpaired) electrons. The topological polar surface area (TPSA) is 26.8 Å². The molecule has 3 aliphatic heterocycles. The lowest BCUT2D eigenvalue weighted by atomic mass is 10.1. The van der Waals surface area contributed by atoms with Crippen molar-refractivity contribution in [1.82, 2.24) is 14.7 Å². The molecule has 0 N–H and O–H groups in total. The third kappa shape index (κ3) is 21.7. The molecular formula is C24H55N3O. The van der Waals surface area contributed by atoms with Crippen LogP contribution in [0, 0.1) is 0 Å². The summed E-state index contributed by atoms with van der Waals surface area (Å²) in [6, 6.07) is 0. The van der Waals surface area contributed by atoms with Gasteiger partial charge in [-0.2, -0.15) is 0 Å². The summed E-state index contributed by atoms with van der Waals surface area (Å²) < 4.78 is 0. The maximum Gasteiger partial charge on any atom is 0.222 e. The van der Waals surface area contributed by atoms with Gasteiger partial charge in [0.05, 0.1) is 0 Å². The fourth-order valence-corrected chi connectivity index (χ4v) is 3.04. The van der Waals surface area contributed by atoms with E-state index in [9.17, 15) is 4.79 Å². The number of rotatable bonds is 0. The van der Waals surface area contributed by atoms with Crippen LogP contribution in [0.4, 0.5) is 0 Å². The van der Waals surface area contributed by atoms with Crippen molar-refractivity contribution in [2.75, 3.05) is 53.9 Å². The van der Waals surface area contributed by atoms with Gasteiger partial charge in [-0.15, -0.1) is 0 Å². The Kier molecular flexibility index (Phi) is 30.2. The van der Waals surface area contributed by atoms with Gasteiger partial charge in [-0.1, -0.05) is 54.4 Å². The predicted octanol–water partition coefficient (Wildman–Crippen LogP) is 5.91. The highest BCUT2D eigenvalue weighted by molar-refractivity contribution is 5.76. The third-order valence-electron chi connectivity index (χ3n) is 4.72. The Morgan fingerprint density at radius 3 is 1.00 bits per heavy atom. The molecular weight excluding hydrogens is 346 g/mol. The molecule has 28 heavy (non-hydrogen) atoms. The molecule has 3 rings (SSSR count). The van der Waals surface area contributed by atoms with E-state index in [0.29, 0.717) is 5.91 Å². The molecule has 0 aliphatic carbocycles. The van der Waals surface area contributed by atoms with Crippen LogP contribution in [0.1, 0.15) is 99.3 Å². The lowest BCUT2D eigenvalue weighted by Crippen LogP contribution is -2.31. The van der Waals surface area contributed by atoms with Gasteiger partial charge in [0.25, 0.3) is 0 Å². The van der Waals surface area contributed by atoms with Crippen molar-refractivity contribution in [3.63, 3.8) is 0 Å². The van der Waals surface area contributed by atoms with Crippen molar-refractivity contribution in [1.29, 1.82) is 0 Å². The number of hydrogen-bond acceptors (Lipinski definition) is 3. The molecule has 172 valence electrons. The quantitative estimate of drug-likeness (QED) is 0.504. The Bertz CT molecular complexity index is 270. The maximum absolute atomic E-state index is 10.7. The molecule has 4 nitrogen and oxygen atoms in total. The normalized spacial score (nSPS) is 19.5. The zero-order chi connectivity index (χ0) is 22.2. The van der Waals surface area contributed by atoms with Gasteiger partial charge >= 0.3 is 0 Å². The SMILES string of the molecule is CC.CC.CC.CN1CCCCC1.CN1CCCCC1.CN1CCCCC1=O. The fraction of sp³-hybridized carbons (Fsp3) is 0.958. The number of carbonyl (C=O) groups excluding carboxylic acids is 1. The van der Waals surface area contributed by atoms with E-state index >= 15 is 0 Å². The van der Waals surface area contributed by atoms with Gasteiger partial charge in [-0.05, 0) is 78.8 Å². The van der Waals surface area contributed by atoms with Crippen molar-refractivity contribution < 1.29 is 4.79 Å². The van der Waals surface area contributed by atoms with Gasteiger partial charge in [0, 0.05) is 20.0 Å². The summed E-state index contributed by atoms with van der Waals surface area (Å²) >= 11 is 0. The van der Waals surface area contributed by atoms with Gasteiger partial charge in [-0.3, -0.25) is 4.79 Å².